The molecule has 4 rings (SSSR count). The van der Waals surface area contributed by atoms with Crippen molar-refractivity contribution < 1.29 is 9.53 Å². The van der Waals surface area contributed by atoms with Gasteiger partial charge in [0.2, 0.25) is 5.78 Å². The number of pyridine rings is 1. The molecule has 4 aromatic rings. The van der Waals surface area contributed by atoms with Gasteiger partial charge in [-0.1, -0.05) is 49.2 Å². The number of hydrogen-bond donors (Lipinski definition) is 2. The molecular formula is C29H28Cl2N4O4. The second kappa shape index (κ2) is 11.9. The first-order valence-electron chi connectivity index (χ1n) is 12.3. The van der Waals surface area contributed by atoms with Crippen molar-refractivity contribution in [2.24, 2.45) is 0 Å². The number of aryl methyl sites for hydroxylation is 1. The normalized spacial score (nSPS) is 11.1. The highest BCUT2D eigenvalue weighted by atomic mass is 35.5. The van der Waals surface area contributed by atoms with E-state index < -0.39 is 17.0 Å². The highest BCUT2D eigenvalue weighted by Crippen LogP contribution is 2.23. The Morgan fingerprint density at radius 2 is 1.77 bits per heavy atom. The van der Waals surface area contributed by atoms with Crippen LogP contribution in [0.25, 0.3) is 0 Å². The molecule has 2 aromatic heterocycles. The molecule has 0 aliphatic rings. The predicted octanol–water partition coefficient (Wildman–Crippen LogP) is 5.57. The molecular weight excluding hydrogens is 539 g/mol. The van der Waals surface area contributed by atoms with E-state index in [1.807, 2.05) is 31.2 Å². The largest absolute Gasteiger partial charge is 0.497 e. The number of methoxy groups -OCH3 is 1. The molecule has 202 valence electrons. The minimum absolute atomic E-state index is 0.0149. The molecule has 0 atom stereocenters. The fourth-order valence-electron chi connectivity index (χ4n) is 4.37. The van der Waals surface area contributed by atoms with E-state index in [-0.39, 0.29) is 34.4 Å². The number of nitrogens with one attached hydrogen (secondary N) is 2. The number of carbonyl (C=O) groups excluding carboxylic acids is 1. The fourth-order valence-corrected chi connectivity index (χ4v) is 4.89. The zero-order valence-electron chi connectivity index (χ0n) is 22.0. The molecule has 0 amide bonds. The summed E-state index contributed by atoms with van der Waals surface area (Å²) in [6.07, 6.45) is 0. The van der Waals surface area contributed by atoms with Crippen molar-refractivity contribution >= 4 is 34.8 Å². The maximum atomic E-state index is 13.8. The molecule has 8 nitrogen and oxygen atoms in total. The summed E-state index contributed by atoms with van der Waals surface area (Å²) < 4.78 is 6.47. The molecule has 0 aliphatic heterocycles. The van der Waals surface area contributed by atoms with Crippen LogP contribution < -0.4 is 21.3 Å². The van der Waals surface area contributed by atoms with Gasteiger partial charge in [-0.3, -0.25) is 19.1 Å². The van der Waals surface area contributed by atoms with Crippen LogP contribution in [0.1, 0.15) is 58.1 Å². The molecule has 0 radical (unpaired) electrons. The Kier molecular flexibility index (Phi) is 8.57. The van der Waals surface area contributed by atoms with Crippen molar-refractivity contribution in [2.75, 3.05) is 12.4 Å². The van der Waals surface area contributed by atoms with Crippen molar-refractivity contribution in [3.05, 3.63) is 119 Å². The molecule has 0 aliphatic carbocycles. The van der Waals surface area contributed by atoms with Gasteiger partial charge in [-0.25, -0.2) is 9.78 Å². The lowest BCUT2D eigenvalue weighted by Crippen LogP contribution is -2.38. The summed E-state index contributed by atoms with van der Waals surface area (Å²) in [6, 6.07) is 15.9. The van der Waals surface area contributed by atoms with Gasteiger partial charge in [0.1, 0.15) is 22.4 Å². The SMILES string of the molecule is COc1ccc(CNc2cc(Cn3c(C(=O)c4cc(C)cc(Cl)c4)c(C(C)C)c(=O)[nH]c3=O)cc(Cl)n2)cc1. The standard InChI is InChI=1S/C29H28Cl2N4O4/c1-16(2)25-26(27(36)20-9-17(3)10-21(30)13-20)35(29(38)34-28(25)37)15-19-11-23(31)33-24(12-19)32-14-18-5-7-22(39-4)8-6-18/h5-13,16H,14-15H2,1-4H3,(H,32,33)(H,34,37,38). The van der Waals surface area contributed by atoms with Crippen LogP contribution in [-0.2, 0) is 13.1 Å². The molecule has 0 fully saturated rings. The van der Waals surface area contributed by atoms with E-state index in [1.54, 1.807) is 45.2 Å². The third-order valence-electron chi connectivity index (χ3n) is 6.16. The van der Waals surface area contributed by atoms with Gasteiger partial charge in [-0.15, -0.1) is 0 Å². The van der Waals surface area contributed by atoms with Crippen LogP contribution in [0.3, 0.4) is 0 Å². The van der Waals surface area contributed by atoms with E-state index in [1.165, 1.54) is 10.6 Å². The van der Waals surface area contributed by atoms with Crippen LogP contribution in [0, 0.1) is 6.92 Å². The topological polar surface area (TPSA) is 106 Å². The van der Waals surface area contributed by atoms with E-state index in [0.717, 1.165) is 16.9 Å². The van der Waals surface area contributed by atoms with Gasteiger partial charge in [0.05, 0.1) is 13.7 Å². The minimum atomic E-state index is -0.702. The Morgan fingerprint density at radius 3 is 2.41 bits per heavy atom. The van der Waals surface area contributed by atoms with Crippen LogP contribution in [0.5, 0.6) is 5.75 Å². The number of H-pyrrole nitrogens is 1. The average Bonchev–Trinajstić information content (AvgIpc) is 2.87. The zero-order chi connectivity index (χ0) is 28.3. The molecule has 2 heterocycles. The Hall–Kier alpha value is -3.88. The van der Waals surface area contributed by atoms with Crippen molar-refractivity contribution in [3.63, 3.8) is 0 Å². The van der Waals surface area contributed by atoms with Crippen molar-refractivity contribution in [1.29, 1.82) is 0 Å². The number of benzene rings is 2. The second-order valence-electron chi connectivity index (χ2n) is 9.49. The van der Waals surface area contributed by atoms with E-state index in [2.05, 4.69) is 15.3 Å². The third-order valence-corrected chi connectivity index (χ3v) is 6.57. The molecule has 10 heteroatoms. The number of anilines is 1. The summed E-state index contributed by atoms with van der Waals surface area (Å²) in [5, 5.41) is 3.83. The summed E-state index contributed by atoms with van der Waals surface area (Å²) in [6.45, 7) is 5.87. The number of carbonyl (C=O) groups is 1. The highest BCUT2D eigenvalue weighted by Gasteiger charge is 2.25. The summed E-state index contributed by atoms with van der Waals surface area (Å²) in [5.74, 6) is 0.452. The summed E-state index contributed by atoms with van der Waals surface area (Å²) in [7, 11) is 1.61. The van der Waals surface area contributed by atoms with Gasteiger partial charge < -0.3 is 10.1 Å². The lowest BCUT2D eigenvalue weighted by Gasteiger charge is -2.18. The Morgan fingerprint density at radius 1 is 1.05 bits per heavy atom. The third kappa shape index (κ3) is 6.58. The number of halogens is 2. The molecule has 0 saturated heterocycles. The quantitative estimate of drug-likeness (QED) is 0.202. The van der Waals surface area contributed by atoms with E-state index in [0.29, 0.717) is 22.9 Å². The van der Waals surface area contributed by atoms with Crippen LogP contribution >= 0.6 is 23.2 Å². The summed E-state index contributed by atoms with van der Waals surface area (Å²) in [5.41, 5.74) is 1.63. The van der Waals surface area contributed by atoms with E-state index in [4.69, 9.17) is 27.9 Å². The molecule has 0 spiro atoms. The first kappa shape index (κ1) is 28.1. The van der Waals surface area contributed by atoms with Gasteiger partial charge >= 0.3 is 5.69 Å². The molecule has 39 heavy (non-hydrogen) atoms. The Bertz CT molecular complexity index is 1620. The van der Waals surface area contributed by atoms with E-state index >= 15 is 0 Å². The molecule has 0 bridgehead atoms. The second-order valence-corrected chi connectivity index (χ2v) is 10.3. The smallest absolute Gasteiger partial charge is 0.329 e. The van der Waals surface area contributed by atoms with Crippen LogP contribution in [0.4, 0.5) is 5.82 Å². The lowest BCUT2D eigenvalue weighted by atomic mass is 9.96. The number of ketones is 1. The van der Waals surface area contributed by atoms with Gasteiger partial charge in [-0.05, 0) is 72.0 Å². The highest BCUT2D eigenvalue weighted by molar-refractivity contribution is 6.31. The van der Waals surface area contributed by atoms with Crippen LogP contribution in [0.15, 0.2) is 64.2 Å². The lowest BCUT2D eigenvalue weighted by molar-refractivity contribution is 0.102. The van der Waals surface area contributed by atoms with E-state index in [9.17, 15) is 14.4 Å². The molecule has 0 saturated carbocycles. The summed E-state index contributed by atoms with van der Waals surface area (Å²) >= 11 is 12.5. The van der Waals surface area contributed by atoms with Crippen molar-refractivity contribution in [3.8, 4) is 5.75 Å². The fraction of sp³-hybridized carbons (Fsp3) is 0.241. The Balaban J connectivity index is 1.74. The zero-order valence-corrected chi connectivity index (χ0v) is 23.5. The van der Waals surface area contributed by atoms with Crippen molar-refractivity contribution in [2.45, 2.75) is 39.8 Å². The van der Waals surface area contributed by atoms with Crippen molar-refractivity contribution in [1.82, 2.24) is 14.5 Å². The number of aromatic amines is 1. The molecule has 0 unspecified atom stereocenters. The number of aromatic nitrogens is 3. The first-order chi connectivity index (χ1) is 18.5. The Labute approximate surface area is 235 Å². The minimum Gasteiger partial charge on any atom is -0.497 e. The van der Waals surface area contributed by atoms with Gasteiger partial charge in [0, 0.05) is 22.7 Å². The van der Waals surface area contributed by atoms with Crippen LogP contribution in [0.2, 0.25) is 10.2 Å². The van der Waals surface area contributed by atoms with Crippen LogP contribution in [-0.4, -0.2) is 27.4 Å². The monoisotopic (exact) mass is 566 g/mol. The predicted molar refractivity (Wildman–Crippen MR) is 154 cm³/mol. The maximum absolute atomic E-state index is 13.8. The number of nitrogens with zero attached hydrogens (tertiary/aromatic N) is 2. The molecule has 2 aromatic carbocycles. The maximum Gasteiger partial charge on any atom is 0.329 e. The number of ether oxygens (including phenoxy) is 1. The summed E-state index contributed by atoms with van der Waals surface area (Å²) in [4.78, 5) is 46.4. The average molecular weight is 567 g/mol. The number of hydrogen-bond acceptors (Lipinski definition) is 6. The molecule has 2 N–H and O–H groups in total. The van der Waals surface area contributed by atoms with Gasteiger partial charge in [-0.2, -0.15) is 0 Å². The first-order valence-corrected chi connectivity index (χ1v) is 13.0. The van der Waals surface area contributed by atoms with Gasteiger partial charge in [0.25, 0.3) is 5.56 Å². The van der Waals surface area contributed by atoms with Gasteiger partial charge in [0.15, 0.2) is 0 Å². The number of rotatable bonds is 9.